The van der Waals surface area contributed by atoms with Crippen LogP contribution in [0.3, 0.4) is 0 Å². The summed E-state index contributed by atoms with van der Waals surface area (Å²) in [7, 11) is 0. The predicted octanol–water partition coefficient (Wildman–Crippen LogP) is 4.15. The largest absolute Gasteiger partial charge is 0.317 e. The molecule has 0 saturated heterocycles. The maximum Gasteiger partial charge on any atom is 0.120 e. The summed E-state index contributed by atoms with van der Waals surface area (Å²) in [5, 5.41) is 14.7. The summed E-state index contributed by atoms with van der Waals surface area (Å²) in [6.07, 6.45) is 8.42. The van der Waals surface area contributed by atoms with Crippen LogP contribution < -0.4 is 5.32 Å². The van der Waals surface area contributed by atoms with Crippen molar-refractivity contribution in [3.63, 3.8) is 0 Å². The molecule has 0 fully saturated rings. The van der Waals surface area contributed by atoms with Gasteiger partial charge in [-0.05, 0) is 38.8 Å². The molecule has 0 aliphatic heterocycles. The molecule has 1 rings (SSSR count). The van der Waals surface area contributed by atoms with E-state index in [4.69, 9.17) is 0 Å². The SMILES string of the molecule is CCCNCCCc1nnc(C(CCC)CCC)s1. The fourth-order valence-corrected chi connectivity index (χ4v) is 3.34. The van der Waals surface area contributed by atoms with Crippen molar-refractivity contribution in [1.29, 1.82) is 0 Å². The Balaban J connectivity index is 2.37. The van der Waals surface area contributed by atoms with E-state index in [0.717, 1.165) is 19.5 Å². The lowest BCUT2D eigenvalue weighted by molar-refractivity contribution is 0.554. The third kappa shape index (κ3) is 6.48. The van der Waals surface area contributed by atoms with Gasteiger partial charge in [-0.3, -0.25) is 0 Å². The Kier molecular flexibility index (Phi) is 9.01. The summed E-state index contributed by atoms with van der Waals surface area (Å²) in [6, 6.07) is 0. The molecule has 1 aromatic rings. The summed E-state index contributed by atoms with van der Waals surface area (Å²) >= 11 is 1.83. The molecule has 110 valence electrons. The molecule has 0 radical (unpaired) electrons. The van der Waals surface area contributed by atoms with Gasteiger partial charge in [0, 0.05) is 12.3 Å². The van der Waals surface area contributed by atoms with Gasteiger partial charge >= 0.3 is 0 Å². The van der Waals surface area contributed by atoms with E-state index in [1.165, 1.54) is 48.5 Å². The first kappa shape index (κ1) is 16.6. The van der Waals surface area contributed by atoms with Gasteiger partial charge in [0.05, 0.1) is 0 Å². The van der Waals surface area contributed by atoms with Crippen molar-refractivity contribution >= 4 is 11.3 Å². The zero-order valence-corrected chi connectivity index (χ0v) is 13.6. The van der Waals surface area contributed by atoms with Crippen LogP contribution in [0.25, 0.3) is 0 Å². The Bertz CT molecular complexity index is 319. The third-order valence-electron chi connectivity index (χ3n) is 3.28. The average Bonchev–Trinajstić information content (AvgIpc) is 2.87. The summed E-state index contributed by atoms with van der Waals surface area (Å²) < 4.78 is 0. The molecule has 0 spiro atoms. The quantitative estimate of drug-likeness (QED) is 0.620. The molecular weight excluding hydrogens is 254 g/mol. The molecule has 1 N–H and O–H groups in total. The van der Waals surface area contributed by atoms with E-state index >= 15 is 0 Å². The highest BCUT2D eigenvalue weighted by atomic mass is 32.1. The number of aromatic nitrogens is 2. The van der Waals surface area contributed by atoms with E-state index in [0.29, 0.717) is 5.92 Å². The molecule has 0 bridgehead atoms. The Labute approximate surface area is 122 Å². The highest BCUT2D eigenvalue weighted by Crippen LogP contribution is 2.28. The first-order valence-electron chi connectivity index (χ1n) is 7.84. The minimum Gasteiger partial charge on any atom is -0.317 e. The molecule has 0 unspecified atom stereocenters. The lowest BCUT2D eigenvalue weighted by atomic mass is 9.99. The van der Waals surface area contributed by atoms with Gasteiger partial charge in [-0.2, -0.15) is 0 Å². The third-order valence-corrected chi connectivity index (χ3v) is 4.42. The van der Waals surface area contributed by atoms with Crippen molar-refractivity contribution < 1.29 is 0 Å². The molecular formula is C15H29N3S. The van der Waals surface area contributed by atoms with Gasteiger partial charge < -0.3 is 5.32 Å². The second-order valence-corrected chi connectivity index (χ2v) is 6.26. The predicted molar refractivity (Wildman–Crippen MR) is 83.9 cm³/mol. The second kappa shape index (κ2) is 10.3. The topological polar surface area (TPSA) is 37.8 Å². The summed E-state index contributed by atoms with van der Waals surface area (Å²) in [5.41, 5.74) is 0. The maximum atomic E-state index is 4.42. The van der Waals surface area contributed by atoms with Crippen LogP contribution in [0.15, 0.2) is 0 Å². The lowest BCUT2D eigenvalue weighted by Crippen LogP contribution is -2.16. The zero-order valence-electron chi connectivity index (χ0n) is 12.7. The molecule has 0 saturated carbocycles. The molecule has 0 amide bonds. The zero-order chi connectivity index (χ0) is 13.9. The smallest absolute Gasteiger partial charge is 0.120 e. The van der Waals surface area contributed by atoms with Crippen LogP contribution in [-0.4, -0.2) is 23.3 Å². The van der Waals surface area contributed by atoms with E-state index in [1.807, 2.05) is 11.3 Å². The van der Waals surface area contributed by atoms with Gasteiger partial charge in [0.25, 0.3) is 0 Å². The minimum atomic E-state index is 0.638. The van der Waals surface area contributed by atoms with E-state index in [1.54, 1.807) is 0 Å². The van der Waals surface area contributed by atoms with Crippen LogP contribution in [0.2, 0.25) is 0 Å². The molecule has 0 aliphatic carbocycles. The van der Waals surface area contributed by atoms with Gasteiger partial charge in [0.1, 0.15) is 10.0 Å². The molecule has 0 atom stereocenters. The van der Waals surface area contributed by atoms with Crippen molar-refractivity contribution in [2.24, 2.45) is 0 Å². The van der Waals surface area contributed by atoms with Crippen LogP contribution in [0, 0.1) is 0 Å². The highest BCUT2D eigenvalue weighted by molar-refractivity contribution is 7.11. The standard InChI is InChI=1S/C15H29N3S/c1-4-8-13(9-5-2)15-18-17-14(19-15)10-7-12-16-11-6-3/h13,16H,4-12H2,1-3H3. The number of hydrogen-bond donors (Lipinski definition) is 1. The Morgan fingerprint density at radius 1 is 1.00 bits per heavy atom. The number of nitrogens with zero attached hydrogens (tertiary/aromatic N) is 2. The lowest BCUT2D eigenvalue weighted by Gasteiger charge is -2.10. The number of aryl methyl sites for hydroxylation is 1. The van der Waals surface area contributed by atoms with Gasteiger partial charge in [0.15, 0.2) is 0 Å². The fourth-order valence-electron chi connectivity index (χ4n) is 2.29. The van der Waals surface area contributed by atoms with E-state index < -0.39 is 0 Å². The molecule has 0 aromatic carbocycles. The molecule has 4 heteroatoms. The second-order valence-electron chi connectivity index (χ2n) is 5.16. The molecule has 1 heterocycles. The Morgan fingerprint density at radius 3 is 2.37 bits per heavy atom. The van der Waals surface area contributed by atoms with Crippen LogP contribution >= 0.6 is 11.3 Å². The Morgan fingerprint density at radius 2 is 1.74 bits per heavy atom. The van der Waals surface area contributed by atoms with Crippen LogP contribution in [0.1, 0.15) is 75.2 Å². The van der Waals surface area contributed by atoms with E-state index in [-0.39, 0.29) is 0 Å². The van der Waals surface area contributed by atoms with Crippen molar-refractivity contribution in [2.45, 2.75) is 71.6 Å². The molecule has 3 nitrogen and oxygen atoms in total. The summed E-state index contributed by atoms with van der Waals surface area (Å²) in [6.45, 7) is 8.92. The summed E-state index contributed by atoms with van der Waals surface area (Å²) in [4.78, 5) is 0. The van der Waals surface area contributed by atoms with E-state index in [2.05, 4.69) is 36.3 Å². The van der Waals surface area contributed by atoms with Crippen molar-refractivity contribution in [2.75, 3.05) is 13.1 Å². The average molecular weight is 283 g/mol. The highest BCUT2D eigenvalue weighted by Gasteiger charge is 2.15. The van der Waals surface area contributed by atoms with Crippen molar-refractivity contribution in [1.82, 2.24) is 15.5 Å². The molecule has 19 heavy (non-hydrogen) atoms. The Hall–Kier alpha value is -0.480. The van der Waals surface area contributed by atoms with Crippen LogP contribution in [0.5, 0.6) is 0 Å². The number of hydrogen-bond acceptors (Lipinski definition) is 4. The molecule has 0 aliphatic rings. The summed E-state index contributed by atoms with van der Waals surface area (Å²) in [5.74, 6) is 0.638. The van der Waals surface area contributed by atoms with Gasteiger partial charge in [-0.25, -0.2) is 0 Å². The van der Waals surface area contributed by atoms with Crippen molar-refractivity contribution in [3.05, 3.63) is 10.0 Å². The number of nitrogens with one attached hydrogen (secondary N) is 1. The first-order chi connectivity index (χ1) is 9.31. The van der Waals surface area contributed by atoms with Crippen LogP contribution in [0.4, 0.5) is 0 Å². The normalized spacial score (nSPS) is 11.4. The minimum absolute atomic E-state index is 0.638. The van der Waals surface area contributed by atoms with E-state index in [9.17, 15) is 0 Å². The van der Waals surface area contributed by atoms with Gasteiger partial charge in [-0.1, -0.05) is 33.6 Å². The molecule has 1 aromatic heterocycles. The fraction of sp³-hybridized carbons (Fsp3) is 0.867. The monoisotopic (exact) mass is 283 g/mol. The van der Waals surface area contributed by atoms with Gasteiger partial charge in [0.2, 0.25) is 0 Å². The first-order valence-corrected chi connectivity index (χ1v) is 8.66. The number of rotatable bonds is 11. The van der Waals surface area contributed by atoms with Crippen LogP contribution in [-0.2, 0) is 6.42 Å². The maximum absolute atomic E-state index is 4.42. The van der Waals surface area contributed by atoms with Gasteiger partial charge in [-0.15, -0.1) is 21.5 Å². The van der Waals surface area contributed by atoms with Crippen molar-refractivity contribution in [3.8, 4) is 0 Å².